The van der Waals surface area contributed by atoms with Gasteiger partial charge < -0.3 is 0 Å². The molecule has 0 amide bonds. The molecule has 0 aliphatic heterocycles. The van der Waals surface area contributed by atoms with E-state index in [1.165, 1.54) is 12.8 Å². The van der Waals surface area contributed by atoms with Gasteiger partial charge >= 0.3 is 141 Å². The van der Waals surface area contributed by atoms with Crippen molar-refractivity contribution < 1.29 is 17.1 Å². The van der Waals surface area contributed by atoms with Crippen molar-refractivity contribution in [1.29, 1.82) is 0 Å². The minimum atomic E-state index is -3.19. The standard InChI is InChI=1S/2C9H13.2CH3.2ClH.Hf.H2Si/c2*1-9(2,3)8-6-4-5-7-8;;;;;;/h2*4,6H,5H2,1-3H3;2*1H3;2*1H;;1H2. The third kappa shape index (κ3) is 4.48. The van der Waals surface area contributed by atoms with Crippen LogP contribution >= 0.6 is 24.8 Å². The van der Waals surface area contributed by atoms with Crippen LogP contribution in [0.2, 0.25) is 9.36 Å². The molecule has 0 nitrogen and oxygen atoms in total. The molecule has 0 spiro atoms. The first-order valence-corrected chi connectivity index (χ1v) is 27.7. The molecule has 0 saturated heterocycles. The molecule has 138 valence electrons. The molecule has 0 heterocycles. The predicted octanol–water partition coefficient (Wildman–Crippen LogP) is 6.68. The van der Waals surface area contributed by atoms with Crippen molar-refractivity contribution in [2.75, 3.05) is 0 Å². The van der Waals surface area contributed by atoms with Crippen molar-refractivity contribution in [1.82, 2.24) is 0 Å². The van der Waals surface area contributed by atoms with E-state index in [-0.39, 0.29) is 35.6 Å². The first-order chi connectivity index (χ1) is 9.74. The molecule has 2 aliphatic rings. The summed E-state index contributed by atoms with van der Waals surface area (Å²) < 4.78 is 9.03. The van der Waals surface area contributed by atoms with Crippen LogP contribution in [0.15, 0.2) is 42.1 Å². The summed E-state index contributed by atoms with van der Waals surface area (Å²) in [4.78, 5) is 0. The summed E-state index contributed by atoms with van der Waals surface area (Å²) >= 11 is -3.19. The third-order valence-electron chi connectivity index (χ3n) is 5.41. The van der Waals surface area contributed by atoms with Gasteiger partial charge in [-0.25, -0.2) is 0 Å². The second kappa shape index (κ2) is 7.33. The van der Waals surface area contributed by atoms with Crippen LogP contribution in [0.1, 0.15) is 54.4 Å². The van der Waals surface area contributed by atoms with Crippen LogP contribution in [-0.4, -0.2) is 6.94 Å². The molecule has 4 heteroatoms. The maximum atomic E-state index is 2.68. The van der Waals surface area contributed by atoms with Crippen molar-refractivity contribution in [2.24, 2.45) is 10.8 Å². The molecule has 0 unspecified atom stereocenters. The van der Waals surface area contributed by atoms with E-state index in [9.17, 15) is 0 Å². The summed E-state index contributed by atoms with van der Waals surface area (Å²) in [5, 5.41) is 0. The van der Waals surface area contributed by atoms with Crippen molar-refractivity contribution in [3.63, 3.8) is 0 Å². The third-order valence-corrected chi connectivity index (χ3v) is 29.7. The van der Waals surface area contributed by atoms with Crippen molar-refractivity contribution in [3.05, 3.63) is 42.1 Å². The van der Waals surface area contributed by atoms with Crippen LogP contribution in [0.25, 0.3) is 0 Å². The zero-order valence-corrected chi connectivity index (χ0v) is 23.4. The van der Waals surface area contributed by atoms with Crippen LogP contribution in [0.5, 0.6) is 0 Å². The van der Waals surface area contributed by atoms with Gasteiger partial charge in [-0.15, -0.1) is 24.8 Å². The van der Waals surface area contributed by atoms with Crippen molar-refractivity contribution >= 4 is 31.8 Å². The zero-order chi connectivity index (χ0) is 17.0. The fourth-order valence-corrected chi connectivity index (χ4v) is 26.0. The van der Waals surface area contributed by atoms with E-state index < -0.39 is 17.1 Å². The van der Waals surface area contributed by atoms with E-state index in [2.05, 4.69) is 82.1 Å². The van der Waals surface area contributed by atoms with Gasteiger partial charge in [0.05, 0.1) is 0 Å². The number of rotatable bonds is 2. The zero-order valence-electron chi connectivity index (χ0n) is 16.7. The SMILES string of the molecule is CC(C)(C)C1=[C]([Hf]([CH3])([CH3])(=[SiH2])[C]2=C(C(C)(C)C)C=CC2)CC=C1.Cl.Cl. The van der Waals surface area contributed by atoms with Gasteiger partial charge in [-0.05, 0) is 0 Å². The van der Waals surface area contributed by atoms with Gasteiger partial charge in [0.1, 0.15) is 0 Å². The maximum Gasteiger partial charge on any atom is -0.147 e. The molecule has 24 heavy (non-hydrogen) atoms. The second-order valence-electron chi connectivity index (χ2n) is 10.2. The molecular formula is C20H36Cl2HfSi. The number of hydrogen-bond donors (Lipinski definition) is 0. The first kappa shape index (κ1) is 24.6. The molecule has 0 saturated carbocycles. The molecule has 0 aromatic heterocycles. The van der Waals surface area contributed by atoms with Gasteiger partial charge in [0.25, 0.3) is 0 Å². The van der Waals surface area contributed by atoms with Gasteiger partial charge in [0, 0.05) is 0 Å². The summed E-state index contributed by atoms with van der Waals surface area (Å²) in [6.07, 6.45) is 12.1. The Kier molecular flexibility index (Phi) is 7.52. The Bertz CT molecular complexity index is 632. The summed E-state index contributed by atoms with van der Waals surface area (Å²) in [6, 6.07) is 0. The smallest absolute Gasteiger partial charge is 0.147 e. The average Bonchev–Trinajstić information content (AvgIpc) is 2.97. The Labute approximate surface area is 164 Å². The molecule has 0 atom stereocenters. The van der Waals surface area contributed by atoms with E-state index in [1.54, 1.807) is 11.1 Å². The van der Waals surface area contributed by atoms with Crippen LogP contribution < -0.4 is 0 Å². The Hall–Kier alpha value is 0.627. The number of hydrogen-bond acceptors (Lipinski definition) is 0. The minimum absolute atomic E-state index is 0. The van der Waals surface area contributed by atoms with Crippen LogP contribution in [-0.2, 0) is 17.1 Å². The van der Waals surface area contributed by atoms with Crippen LogP contribution in [0.3, 0.4) is 0 Å². The number of halogens is 2. The van der Waals surface area contributed by atoms with E-state index in [0.717, 1.165) is 0 Å². The molecule has 0 N–H and O–H groups in total. The molecule has 0 aromatic carbocycles. The van der Waals surface area contributed by atoms with E-state index in [4.69, 9.17) is 0 Å². The average molecular weight is 554 g/mol. The quantitative estimate of drug-likeness (QED) is 0.335. The van der Waals surface area contributed by atoms with Gasteiger partial charge in [-0.1, -0.05) is 0 Å². The summed E-state index contributed by atoms with van der Waals surface area (Å²) in [6.45, 7) is 16.7. The second-order valence-corrected chi connectivity index (χ2v) is 51.2. The molecule has 0 radical (unpaired) electrons. The molecule has 2 rings (SSSR count). The van der Waals surface area contributed by atoms with Crippen molar-refractivity contribution in [3.8, 4) is 0 Å². The Balaban J connectivity index is 0.00000264. The largest absolute Gasteiger partial charge is 0.147 e. The summed E-state index contributed by atoms with van der Waals surface area (Å²) in [5.74, 6) is 0. The van der Waals surface area contributed by atoms with Gasteiger partial charge in [0.15, 0.2) is 0 Å². The summed E-state index contributed by atoms with van der Waals surface area (Å²) in [5.41, 5.74) is 3.80. The first-order valence-electron chi connectivity index (χ1n) is 8.62. The predicted molar refractivity (Wildman–Crippen MR) is 115 cm³/mol. The monoisotopic (exact) mass is 554 g/mol. The van der Waals surface area contributed by atoms with E-state index >= 15 is 0 Å². The number of allylic oxidation sites excluding steroid dienone is 8. The van der Waals surface area contributed by atoms with E-state index in [1.807, 2.05) is 6.66 Å². The molecule has 0 bridgehead atoms. The normalized spacial score (nSPS) is 18.9. The summed E-state index contributed by atoms with van der Waals surface area (Å²) in [7, 11) is 0. The Morgan fingerprint density at radius 1 is 0.750 bits per heavy atom. The molecule has 2 aliphatic carbocycles. The van der Waals surface area contributed by atoms with Gasteiger partial charge in [0.2, 0.25) is 0 Å². The Morgan fingerprint density at radius 3 is 1.29 bits per heavy atom. The topological polar surface area (TPSA) is 0 Å². The fourth-order valence-electron chi connectivity index (χ4n) is 4.12. The van der Waals surface area contributed by atoms with Gasteiger partial charge in [-0.3, -0.25) is 0 Å². The van der Waals surface area contributed by atoms with Crippen LogP contribution in [0.4, 0.5) is 0 Å². The fraction of sp³-hybridized carbons (Fsp3) is 0.600. The maximum absolute atomic E-state index is 3.19. The minimum Gasteiger partial charge on any atom is -0.147 e. The molecular weight excluding hydrogens is 518 g/mol. The Morgan fingerprint density at radius 2 is 1.04 bits per heavy atom. The van der Waals surface area contributed by atoms with E-state index in [0.29, 0.717) is 0 Å². The van der Waals surface area contributed by atoms with Crippen molar-refractivity contribution in [2.45, 2.75) is 63.7 Å². The van der Waals surface area contributed by atoms with Crippen LogP contribution in [0, 0.1) is 10.8 Å². The molecule has 0 fully saturated rings. The van der Waals surface area contributed by atoms with Gasteiger partial charge in [-0.2, -0.15) is 0 Å². The molecule has 0 aromatic rings.